The number of ether oxygens (including phenoxy) is 1. The largest absolute Gasteiger partial charge is 0.475 e. The number of aryl methyl sites for hydroxylation is 1. The molecule has 2 N–H and O–H groups in total. The summed E-state index contributed by atoms with van der Waals surface area (Å²) in [4.78, 5) is 22.3. The number of benzene rings is 1. The molecule has 0 saturated carbocycles. The number of nitrogen functional groups attached to an aromatic ring is 1. The highest BCUT2D eigenvalue weighted by Gasteiger charge is 2.30. The van der Waals surface area contributed by atoms with E-state index in [4.69, 9.17) is 22.1 Å². The van der Waals surface area contributed by atoms with Gasteiger partial charge in [0.15, 0.2) is 0 Å². The van der Waals surface area contributed by atoms with Crippen molar-refractivity contribution in [2.45, 2.75) is 19.6 Å². The van der Waals surface area contributed by atoms with E-state index in [1.807, 2.05) is 0 Å². The van der Waals surface area contributed by atoms with E-state index >= 15 is 0 Å². The molecule has 1 aliphatic rings. The Hall–Kier alpha value is -3.34. The molecule has 8 nitrogen and oxygen atoms in total. The third kappa shape index (κ3) is 4.13. The third-order valence-electron chi connectivity index (χ3n) is 4.70. The van der Waals surface area contributed by atoms with Crippen molar-refractivity contribution >= 4 is 29.0 Å². The monoisotopic (exact) mass is 452 g/mol. The second-order valence-corrected chi connectivity index (χ2v) is 7.26. The maximum Gasteiger partial charge on any atom is 0.408 e. The molecule has 31 heavy (non-hydrogen) atoms. The van der Waals surface area contributed by atoms with Crippen LogP contribution in [0.4, 0.5) is 24.7 Å². The number of rotatable bonds is 3. The smallest absolute Gasteiger partial charge is 0.408 e. The van der Waals surface area contributed by atoms with E-state index in [0.717, 1.165) is 4.68 Å². The predicted molar refractivity (Wildman–Crippen MR) is 107 cm³/mol. The number of nitrogens with zero attached hydrogens (tertiary/aromatic N) is 5. The van der Waals surface area contributed by atoms with Gasteiger partial charge in [0.25, 0.3) is 5.91 Å². The third-order valence-corrected chi connectivity index (χ3v) is 5.01. The van der Waals surface area contributed by atoms with Crippen LogP contribution in [0, 0.1) is 6.92 Å². The van der Waals surface area contributed by atoms with Gasteiger partial charge in [-0.25, -0.2) is 9.97 Å². The predicted octanol–water partition coefficient (Wildman–Crippen LogP) is 3.49. The van der Waals surface area contributed by atoms with E-state index in [9.17, 15) is 18.0 Å². The molecule has 1 aromatic carbocycles. The fraction of sp³-hybridized carbons (Fsp3) is 0.263. The van der Waals surface area contributed by atoms with Gasteiger partial charge in [-0.05, 0) is 19.1 Å². The van der Waals surface area contributed by atoms with Crippen molar-refractivity contribution in [2.75, 3.05) is 23.8 Å². The molecule has 0 radical (unpaired) electrons. The summed E-state index contributed by atoms with van der Waals surface area (Å²) in [5.41, 5.74) is 7.74. The van der Waals surface area contributed by atoms with Crippen molar-refractivity contribution < 1.29 is 22.7 Å². The number of amides is 1. The molecule has 4 rings (SSSR count). The van der Waals surface area contributed by atoms with Crippen LogP contribution in [0.25, 0.3) is 11.1 Å². The Morgan fingerprint density at radius 2 is 2.03 bits per heavy atom. The maximum atomic E-state index is 13.0. The SMILES string of the molecule is Cc1nn(CC(F)(F)F)cc1-c1ccc(N2CCOc3ncnc(N)c3C2=O)cc1Cl. The fourth-order valence-electron chi connectivity index (χ4n) is 3.35. The van der Waals surface area contributed by atoms with E-state index in [2.05, 4.69) is 15.1 Å². The van der Waals surface area contributed by atoms with E-state index in [1.54, 1.807) is 25.1 Å². The van der Waals surface area contributed by atoms with Gasteiger partial charge in [-0.3, -0.25) is 9.48 Å². The molecule has 3 heterocycles. The van der Waals surface area contributed by atoms with Crippen molar-refractivity contribution in [1.29, 1.82) is 0 Å². The molecule has 2 aromatic heterocycles. The van der Waals surface area contributed by atoms with Crippen molar-refractivity contribution in [2.24, 2.45) is 0 Å². The number of carbonyl (C=O) groups is 1. The Bertz CT molecular complexity index is 1160. The van der Waals surface area contributed by atoms with Crippen LogP contribution in [0.2, 0.25) is 5.02 Å². The lowest BCUT2D eigenvalue weighted by molar-refractivity contribution is -0.142. The molecule has 0 spiro atoms. The summed E-state index contributed by atoms with van der Waals surface area (Å²) in [6, 6.07) is 4.83. The Morgan fingerprint density at radius 3 is 2.74 bits per heavy atom. The summed E-state index contributed by atoms with van der Waals surface area (Å²) in [6.45, 7) is 0.793. The highest BCUT2D eigenvalue weighted by molar-refractivity contribution is 6.33. The van der Waals surface area contributed by atoms with Crippen molar-refractivity contribution in [3.05, 3.63) is 47.0 Å². The number of hydrogen-bond donors (Lipinski definition) is 1. The summed E-state index contributed by atoms with van der Waals surface area (Å²) < 4.78 is 44.4. The minimum Gasteiger partial charge on any atom is -0.475 e. The Balaban J connectivity index is 1.67. The van der Waals surface area contributed by atoms with Crippen molar-refractivity contribution in [3.8, 4) is 17.0 Å². The molecular weight excluding hydrogens is 437 g/mol. The van der Waals surface area contributed by atoms with Crippen LogP contribution in [-0.4, -0.2) is 45.0 Å². The Kier molecular flexibility index (Phi) is 5.21. The van der Waals surface area contributed by atoms with Crippen molar-refractivity contribution in [1.82, 2.24) is 19.7 Å². The second-order valence-electron chi connectivity index (χ2n) is 6.85. The van der Waals surface area contributed by atoms with Gasteiger partial charge in [0.05, 0.1) is 17.3 Å². The van der Waals surface area contributed by atoms with Gasteiger partial charge in [-0.15, -0.1) is 0 Å². The summed E-state index contributed by atoms with van der Waals surface area (Å²) in [6.07, 6.45) is -1.88. The first-order valence-electron chi connectivity index (χ1n) is 9.10. The molecule has 12 heteroatoms. The molecule has 0 fully saturated rings. The van der Waals surface area contributed by atoms with Crippen LogP contribution in [0.15, 0.2) is 30.7 Å². The first-order valence-corrected chi connectivity index (χ1v) is 9.47. The van der Waals surface area contributed by atoms with Gasteiger partial charge in [-0.1, -0.05) is 17.7 Å². The minimum absolute atomic E-state index is 0.00248. The first-order chi connectivity index (χ1) is 14.6. The highest BCUT2D eigenvalue weighted by atomic mass is 35.5. The number of halogens is 4. The Labute approximate surface area is 179 Å². The molecule has 1 aliphatic heterocycles. The fourth-order valence-corrected chi connectivity index (χ4v) is 3.62. The van der Waals surface area contributed by atoms with Crippen LogP contribution in [0.3, 0.4) is 0 Å². The average molecular weight is 453 g/mol. The number of aromatic nitrogens is 4. The summed E-state index contributed by atoms with van der Waals surface area (Å²) in [5.74, 6) is -0.337. The van der Waals surface area contributed by atoms with E-state index in [-0.39, 0.29) is 35.4 Å². The topological polar surface area (TPSA) is 99.2 Å². The molecule has 0 saturated heterocycles. The zero-order valence-electron chi connectivity index (χ0n) is 16.1. The van der Waals surface area contributed by atoms with Crippen LogP contribution in [-0.2, 0) is 6.54 Å². The molecule has 0 atom stereocenters. The van der Waals surface area contributed by atoms with Crippen LogP contribution >= 0.6 is 11.6 Å². The standard InChI is InChI=1S/C19H16ClF3N6O2/c1-10-13(7-28(27-10)8-19(21,22)23)12-3-2-11(6-14(12)20)29-4-5-31-17-15(18(29)30)16(24)25-9-26-17/h2-3,6-7,9H,4-5,8H2,1H3,(H2,24,25,26). The molecule has 0 unspecified atom stereocenters. The number of alkyl halides is 3. The summed E-state index contributed by atoms with van der Waals surface area (Å²) in [5, 5.41) is 4.17. The van der Waals surface area contributed by atoms with Crippen molar-refractivity contribution in [3.63, 3.8) is 0 Å². The number of hydrogen-bond acceptors (Lipinski definition) is 6. The van der Waals surface area contributed by atoms with Crippen LogP contribution in [0.5, 0.6) is 5.88 Å². The quantitative estimate of drug-likeness (QED) is 0.653. The minimum atomic E-state index is -4.39. The molecule has 0 aliphatic carbocycles. The van der Waals surface area contributed by atoms with Crippen LogP contribution in [0.1, 0.15) is 16.1 Å². The molecule has 1 amide bonds. The normalized spacial score (nSPS) is 14.2. The van der Waals surface area contributed by atoms with E-state index in [0.29, 0.717) is 22.5 Å². The number of nitrogens with two attached hydrogens (primary N) is 1. The van der Waals surface area contributed by atoms with Gasteiger partial charge >= 0.3 is 6.18 Å². The lowest BCUT2D eigenvalue weighted by atomic mass is 10.1. The van der Waals surface area contributed by atoms with E-state index < -0.39 is 18.6 Å². The first kappa shape index (κ1) is 20.9. The number of carbonyl (C=O) groups excluding carboxylic acids is 1. The zero-order valence-corrected chi connectivity index (χ0v) is 16.9. The molecule has 0 bridgehead atoms. The van der Waals surface area contributed by atoms with E-state index in [1.165, 1.54) is 17.4 Å². The molecular formula is C19H16ClF3N6O2. The maximum absolute atomic E-state index is 13.0. The average Bonchev–Trinajstić information content (AvgIpc) is 2.92. The lowest BCUT2D eigenvalue weighted by Gasteiger charge is -2.21. The van der Waals surface area contributed by atoms with Gasteiger partial charge < -0.3 is 15.4 Å². The van der Waals surface area contributed by atoms with Gasteiger partial charge in [0, 0.05) is 23.0 Å². The second kappa shape index (κ2) is 7.73. The van der Waals surface area contributed by atoms with Gasteiger partial charge in [0.2, 0.25) is 5.88 Å². The summed E-state index contributed by atoms with van der Waals surface area (Å²) in [7, 11) is 0. The molecule has 162 valence electrons. The number of anilines is 2. The molecule has 3 aromatic rings. The Morgan fingerprint density at radius 1 is 1.26 bits per heavy atom. The number of fused-ring (bicyclic) bond motifs is 1. The van der Waals surface area contributed by atoms with Gasteiger partial charge in [-0.2, -0.15) is 18.3 Å². The van der Waals surface area contributed by atoms with Crippen LogP contribution < -0.4 is 15.4 Å². The highest BCUT2D eigenvalue weighted by Crippen LogP contribution is 2.35. The lowest BCUT2D eigenvalue weighted by Crippen LogP contribution is -2.32. The van der Waals surface area contributed by atoms with Gasteiger partial charge in [0.1, 0.15) is 30.9 Å². The summed E-state index contributed by atoms with van der Waals surface area (Å²) >= 11 is 6.44. The zero-order chi connectivity index (χ0) is 22.3.